The van der Waals surface area contributed by atoms with Gasteiger partial charge in [-0.1, -0.05) is 50.1 Å². The van der Waals surface area contributed by atoms with Crippen LogP contribution >= 0.6 is 11.6 Å². The molecule has 0 aliphatic heterocycles. The van der Waals surface area contributed by atoms with Crippen LogP contribution in [0.2, 0.25) is 5.02 Å². The van der Waals surface area contributed by atoms with Gasteiger partial charge in [0.25, 0.3) is 0 Å². The maximum absolute atomic E-state index is 6.29. The normalized spacial score (nSPS) is 10.9. The summed E-state index contributed by atoms with van der Waals surface area (Å²) >= 11 is 6.29. The fourth-order valence-corrected chi connectivity index (χ4v) is 2.26. The van der Waals surface area contributed by atoms with E-state index in [0.29, 0.717) is 0 Å². The number of rotatable bonds is 3. The van der Waals surface area contributed by atoms with Gasteiger partial charge in [0.1, 0.15) is 0 Å². The lowest BCUT2D eigenvalue weighted by Gasteiger charge is -2.07. The summed E-state index contributed by atoms with van der Waals surface area (Å²) in [7, 11) is 0. The molecule has 0 unspecified atom stereocenters. The first-order chi connectivity index (χ1) is 7.76. The first kappa shape index (κ1) is 11.4. The number of halogens is 1. The van der Waals surface area contributed by atoms with Crippen molar-refractivity contribution in [1.82, 2.24) is 4.98 Å². The highest BCUT2D eigenvalue weighted by atomic mass is 35.5. The molecule has 84 valence electrons. The molecule has 1 heterocycles. The number of benzene rings is 1. The van der Waals surface area contributed by atoms with E-state index in [1.165, 1.54) is 5.56 Å². The minimum Gasteiger partial charge on any atom is -0.252 e. The maximum atomic E-state index is 6.29. The summed E-state index contributed by atoms with van der Waals surface area (Å²) in [6.07, 6.45) is 3.09. The topological polar surface area (TPSA) is 12.9 Å². The summed E-state index contributed by atoms with van der Waals surface area (Å²) < 4.78 is 0. The van der Waals surface area contributed by atoms with Crippen LogP contribution in [0.25, 0.3) is 10.9 Å². The Labute approximate surface area is 101 Å². The van der Waals surface area contributed by atoms with E-state index in [2.05, 4.69) is 19.9 Å². The summed E-state index contributed by atoms with van der Waals surface area (Å²) in [6, 6.07) is 8.21. The molecule has 0 aliphatic carbocycles. The molecule has 0 bridgehead atoms. The van der Waals surface area contributed by atoms with Crippen molar-refractivity contribution < 1.29 is 0 Å². The van der Waals surface area contributed by atoms with Crippen molar-refractivity contribution in [1.29, 1.82) is 0 Å². The number of pyridine rings is 1. The van der Waals surface area contributed by atoms with E-state index in [9.17, 15) is 0 Å². The van der Waals surface area contributed by atoms with E-state index in [4.69, 9.17) is 16.6 Å². The van der Waals surface area contributed by atoms with Crippen LogP contribution in [0.5, 0.6) is 0 Å². The third kappa shape index (κ3) is 2.05. The first-order valence-corrected chi connectivity index (χ1v) is 6.21. The average Bonchev–Trinajstić information content (AvgIpc) is 2.29. The smallest absolute Gasteiger partial charge is 0.0752 e. The van der Waals surface area contributed by atoms with Crippen molar-refractivity contribution in [3.05, 3.63) is 40.5 Å². The van der Waals surface area contributed by atoms with Crippen molar-refractivity contribution in [2.24, 2.45) is 0 Å². The van der Waals surface area contributed by atoms with Crippen molar-refractivity contribution in [2.45, 2.75) is 33.1 Å². The second-order valence-electron chi connectivity index (χ2n) is 4.01. The van der Waals surface area contributed by atoms with Gasteiger partial charge in [-0.15, -0.1) is 0 Å². The second-order valence-corrected chi connectivity index (χ2v) is 4.42. The van der Waals surface area contributed by atoms with E-state index < -0.39 is 0 Å². The summed E-state index contributed by atoms with van der Waals surface area (Å²) in [4.78, 5) is 4.71. The molecule has 2 rings (SSSR count). The molecule has 16 heavy (non-hydrogen) atoms. The maximum Gasteiger partial charge on any atom is 0.0752 e. The van der Waals surface area contributed by atoms with Gasteiger partial charge in [-0.25, -0.2) is 0 Å². The van der Waals surface area contributed by atoms with Gasteiger partial charge < -0.3 is 0 Å². The molecule has 0 fully saturated rings. The Morgan fingerprint density at radius 3 is 2.75 bits per heavy atom. The van der Waals surface area contributed by atoms with Gasteiger partial charge in [0.05, 0.1) is 10.5 Å². The van der Waals surface area contributed by atoms with Gasteiger partial charge in [0.2, 0.25) is 0 Å². The summed E-state index contributed by atoms with van der Waals surface area (Å²) in [5.41, 5.74) is 3.44. The number of fused-ring (bicyclic) bond motifs is 1. The molecular weight excluding hydrogens is 218 g/mol. The molecular formula is C14H16ClN. The molecule has 2 heteroatoms. The Kier molecular flexibility index (Phi) is 3.45. The number of aromatic nitrogens is 1. The Morgan fingerprint density at radius 1 is 1.25 bits per heavy atom. The predicted molar refractivity (Wildman–Crippen MR) is 70.1 cm³/mol. The Bertz CT molecular complexity index is 505. The van der Waals surface area contributed by atoms with Gasteiger partial charge in [-0.2, -0.15) is 0 Å². The second kappa shape index (κ2) is 4.84. The van der Waals surface area contributed by atoms with Crippen molar-refractivity contribution in [3.8, 4) is 0 Å². The van der Waals surface area contributed by atoms with E-state index in [-0.39, 0.29) is 0 Å². The number of nitrogens with zero attached hydrogens (tertiary/aromatic N) is 1. The van der Waals surface area contributed by atoms with Gasteiger partial charge in [-0.3, -0.25) is 4.98 Å². The summed E-state index contributed by atoms with van der Waals surface area (Å²) in [5.74, 6) is 0. The molecule has 1 aromatic heterocycles. The number of hydrogen-bond donors (Lipinski definition) is 0. The minimum atomic E-state index is 0.823. The number of aryl methyl sites for hydroxylation is 2. The van der Waals surface area contributed by atoms with E-state index >= 15 is 0 Å². The molecule has 0 atom stereocenters. The van der Waals surface area contributed by atoms with Crippen molar-refractivity contribution >= 4 is 22.5 Å². The number of hydrogen-bond acceptors (Lipinski definition) is 1. The highest BCUT2D eigenvalue weighted by molar-refractivity contribution is 6.35. The van der Waals surface area contributed by atoms with Crippen LogP contribution < -0.4 is 0 Å². The molecule has 0 spiro atoms. The Hall–Kier alpha value is -1.08. The van der Waals surface area contributed by atoms with Crippen LogP contribution in [0, 0.1) is 0 Å². The zero-order chi connectivity index (χ0) is 11.5. The monoisotopic (exact) mass is 233 g/mol. The molecule has 0 saturated carbocycles. The summed E-state index contributed by atoms with van der Waals surface area (Å²) in [5, 5.41) is 1.89. The molecule has 1 nitrogen and oxygen atoms in total. The Morgan fingerprint density at radius 2 is 2.06 bits per heavy atom. The minimum absolute atomic E-state index is 0.823. The lowest BCUT2D eigenvalue weighted by molar-refractivity contribution is 0.888. The van der Waals surface area contributed by atoms with Crippen molar-refractivity contribution in [2.75, 3.05) is 0 Å². The third-order valence-electron chi connectivity index (χ3n) is 2.81. The molecule has 0 radical (unpaired) electrons. The zero-order valence-electron chi connectivity index (χ0n) is 9.76. The number of para-hydroxylation sites is 1. The zero-order valence-corrected chi connectivity index (χ0v) is 10.5. The van der Waals surface area contributed by atoms with Crippen LogP contribution in [-0.2, 0) is 12.8 Å². The lowest BCUT2D eigenvalue weighted by Crippen LogP contribution is -1.94. The predicted octanol–water partition coefficient (Wildman–Crippen LogP) is 4.40. The molecule has 0 N–H and O–H groups in total. The molecule has 1 aromatic carbocycles. The van der Waals surface area contributed by atoms with Gasteiger partial charge in [0.15, 0.2) is 0 Å². The lowest BCUT2D eigenvalue weighted by atomic mass is 10.1. The van der Waals surface area contributed by atoms with Crippen LogP contribution in [-0.4, -0.2) is 4.98 Å². The summed E-state index contributed by atoms with van der Waals surface area (Å²) in [6.45, 7) is 4.31. The van der Waals surface area contributed by atoms with Gasteiger partial charge in [0, 0.05) is 11.1 Å². The molecule has 2 aromatic rings. The van der Waals surface area contributed by atoms with E-state index in [0.717, 1.165) is 40.9 Å². The first-order valence-electron chi connectivity index (χ1n) is 5.83. The fraction of sp³-hybridized carbons (Fsp3) is 0.357. The van der Waals surface area contributed by atoms with Crippen LogP contribution in [0.4, 0.5) is 0 Å². The molecule has 0 aliphatic rings. The van der Waals surface area contributed by atoms with Crippen LogP contribution in [0.15, 0.2) is 24.3 Å². The van der Waals surface area contributed by atoms with Crippen LogP contribution in [0.3, 0.4) is 0 Å². The van der Waals surface area contributed by atoms with Gasteiger partial charge >= 0.3 is 0 Å². The van der Waals surface area contributed by atoms with E-state index in [1.54, 1.807) is 0 Å². The van der Waals surface area contributed by atoms with Crippen molar-refractivity contribution in [3.63, 3.8) is 0 Å². The quantitative estimate of drug-likeness (QED) is 0.766. The molecule has 0 amide bonds. The highest BCUT2D eigenvalue weighted by Crippen LogP contribution is 2.26. The molecule has 0 saturated heterocycles. The Balaban J connectivity index is 2.67. The fourth-order valence-electron chi connectivity index (χ4n) is 1.99. The SMILES string of the molecule is CCCc1cc(Cl)c2cccc(CC)c2n1. The van der Waals surface area contributed by atoms with Crippen LogP contribution in [0.1, 0.15) is 31.5 Å². The average molecular weight is 234 g/mol. The van der Waals surface area contributed by atoms with E-state index in [1.807, 2.05) is 18.2 Å². The third-order valence-corrected chi connectivity index (χ3v) is 3.13. The highest BCUT2D eigenvalue weighted by Gasteiger charge is 2.06. The standard InChI is InChI=1S/C14H16ClN/c1-3-6-11-9-13(15)12-8-5-7-10(4-2)14(12)16-11/h5,7-9H,3-4,6H2,1-2H3. The van der Waals surface area contributed by atoms with Gasteiger partial charge in [-0.05, 0) is 24.5 Å². The largest absolute Gasteiger partial charge is 0.252 e.